The zero-order chi connectivity index (χ0) is 10.4. The van der Waals surface area contributed by atoms with Crippen molar-refractivity contribution in [3.63, 3.8) is 0 Å². The molecule has 1 N–H and O–H groups in total. The van der Waals surface area contributed by atoms with E-state index >= 15 is 0 Å². The number of furan rings is 1. The van der Waals surface area contributed by atoms with Crippen molar-refractivity contribution in [2.75, 3.05) is 20.3 Å². The van der Waals surface area contributed by atoms with Gasteiger partial charge in [-0.25, -0.2) is 0 Å². The molecule has 0 aliphatic heterocycles. The van der Waals surface area contributed by atoms with Crippen LogP contribution in [0.15, 0.2) is 21.2 Å². The highest BCUT2D eigenvalue weighted by Gasteiger charge is 2.16. The minimum Gasteiger partial charge on any atom is -0.466 e. The fraction of sp³-hybridized carbons (Fsp3) is 0.600. The quantitative estimate of drug-likeness (QED) is 0.856. The fourth-order valence-electron chi connectivity index (χ4n) is 1.36. The second kappa shape index (κ2) is 6.22. The van der Waals surface area contributed by atoms with Gasteiger partial charge in [0.25, 0.3) is 0 Å². The molecule has 0 bridgehead atoms. The first-order valence-electron chi connectivity index (χ1n) is 4.74. The monoisotopic (exact) mass is 261 g/mol. The van der Waals surface area contributed by atoms with Gasteiger partial charge < -0.3 is 14.5 Å². The van der Waals surface area contributed by atoms with E-state index in [1.54, 1.807) is 13.4 Å². The van der Waals surface area contributed by atoms with Crippen LogP contribution in [-0.4, -0.2) is 20.3 Å². The molecule has 0 aliphatic rings. The predicted octanol–water partition coefficient (Wildman–Crippen LogP) is 2.73. The highest BCUT2D eigenvalue weighted by molar-refractivity contribution is 9.10. The summed E-state index contributed by atoms with van der Waals surface area (Å²) in [6.45, 7) is 3.73. The van der Waals surface area contributed by atoms with Crippen molar-refractivity contribution < 1.29 is 9.15 Å². The molecule has 0 aliphatic carbocycles. The summed E-state index contributed by atoms with van der Waals surface area (Å²) in [5.74, 6) is 0.948. The first-order valence-corrected chi connectivity index (χ1v) is 5.54. The van der Waals surface area contributed by atoms with Crippen LogP contribution in [0.4, 0.5) is 0 Å². The number of halogens is 1. The van der Waals surface area contributed by atoms with E-state index < -0.39 is 0 Å². The van der Waals surface area contributed by atoms with Crippen LogP contribution in [0, 0.1) is 0 Å². The maximum absolute atomic E-state index is 5.41. The molecular formula is C10H16BrNO2. The largest absolute Gasteiger partial charge is 0.466 e. The third-order valence-electron chi connectivity index (χ3n) is 2.02. The molecule has 80 valence electrons. The van der Waals surface area contributed by atoms with Gasteiger partial charge in [0.05, 0.1) is 16.8 Å². The minimum atomic E-state index is 0.226. The van der Waals surface area contributed by atoms with Gasteiger partial charge in [0.2, 0.25) is 0 Å². The Morgan fingerprint density at radius 3 is 2.93 bits per heavy atom. The van der Waals surface area contributed by atoms with E-state index in [1.807, 2.05) is 6.07 Å². The third-order valence-corrected chi connectivity index (χ3v) is 2.68. The molecular weight excluding hydrogens is 246 g/mol. The Kier molecular flexibility index (Phi) is 5.22. The standard InChI is InChI=1S/C10H16BrNO2/c1-3-12-9(5-6-13-2)10-8(11)4-7-14-10/h4,7,9,12H,3,5-6H2,1-2H3. The molecule has 0 saturated heterocycles. The van der Waals surface area contributed by atoms with Gasteiger partial charge in [0, 0.05) is 13.7 Å². The summed E-state index contributed by atoms with van der Waals surface area (Å²) in [6, 6.07) is 2.14. The van der Waals surface area contributed by atoms with Crippen LogP contribution in [0.5, 0.6) is 0 Å². The SMILES string of the molecule is CCNC(CCOC)c1occc1Br. The van der Waals surface area contributed by atoms with Crippen LogP contribution in [0.25, 0.3) is 0 Å². The lowest BCUT2D eigenvalue weighted by molar-refractivity contribution is 0.179. The summed E-state index contributed by atoms with van der Waals surface area (Å²) in [7, 11) is 1.71. The Morgan fingerprint density at radius 2 is 2.43 bits per heavy atom. The van der Waals surface area contributed by atoms with Crippen molar-refractivity contribution in [1.82, 2.24) is 5.32 Å². The predicted molar refractivity (Wildman–Crippen MR) is 59.3 cm³/mol. The van der Waals surface area contributed by atoms with E-state index in [4.69, 9.17) is 9.15 Å². The van der Waals surface area contributed by atoms with Crippen LogP contribution < -0.4 is 5.32 Å². The molecule has 1 rings (SSSR count). The molecule has 1 aromatic rings. The van der Waals surface area contributed by atoms with E-state index in [1.165, 1.54) is 0 Å². The molecule has 0 spiro atoms. The molecule has 4 heteroatoms. The average molecular weight is 262 g/mol. The normalized spacial score (nSPS) is 13.1. The van der Waals surface area contributed by atoms with Gasteiger partial charge in [-0.05, 0) is 35.0 Å². The minimum absolute atomic E-state index is 0.226. The number of nitrogens with one attached hydrogen (secondary N) is 1. The summed E-state index contributed by atoms with van der Waals surface area (Å²) in [4.78, 5) is 0. The van der Waals surface area contributed by atoms with Gasteiger partial charge in [-0.2, -0.15) is 0 Å². The molecule has 1 heterocycles. The van der Waals surface area contributed by atoms with Crippen LogP contribution >= 0.6 is 15.9 Å². The van der Waals surface area contributed by atoms with Crippen LogP contribution in [0.1, 0.15) is 25.1 Å². The Hall–Kier alpha value is -0.320. The maximum Gasteiger partial charge on any atom is 0.134 e. The summed E-state index contributed by atoms with van der Waals surface area (Å²) >= 11 is 3.45. The highest BCUT2D eigenvalue weighted by Crippen LogP contribution is 2.26. The van der Waals surface area contributed by atoms with Gasteiger partial charge in [-0.1, -0.05) is 6.92 Å². The van der Waals surface area contributed by atoms with Crippen molar-refractivity contribution in [2.24, 2.45) is 0 Å². The van der Waals surface area contributed by atoms with E-state index in [9.17, 15) is 0 Å². The lowest BCUT2D eigenvalue weighted by Crippen LogP contribution is -2.22. The highest BCUT2D eigenvalue weighted by atomic mass is 79.9. The van der Waals surface area contributed by atoms with Gasteiger partial charge >= 0.3 is 0 Å². The summed E-state index contributed by atoms with van der Waals surface area (Å²) < 4.78 is 11.5. The van der Waals surface area contributed by atoms with E-state index in [0.717, 1.165) is 29.8 Å². The van der Waals surface area contributed by atoms with Crippen LogP contribution in [0.3, 0.4) is 0 Å². The first kappa shape index (κ1) is 11.8. The zero-order valence-corrected chi connectivity index (χ0v) is 10.1. The second-order valence-corrected chi connectivity index (χ2v) is 3.88. The molecule has 14 heavy (non-hydrogen) atoms. The molecule has 0 fully saturated rings. The lowest BCUT2D eigenvalue weighted by Gasteiger charge is -2.15. The molecule has 0 saturated carbocycles. The summed E-state index contributed by atoms with van der Waals surface area (Å²) in [5, 5.41) is 3.36. The van der Waals surface area contributed by atoms with Crippen molar-refractivity contribution in [3.05, 3.63) is 22.6 Å². The zero-order valence-electron chi connectivity index (χ0n) is 8.55. The Bertz CT molecular complexity index is 262. The van der Waals surface area contributed by atoms with Crippen molar-refractivity contribution in [2.45, 2.75) is 19.4 Å². The van der Waals surface area contributed by atoms with E-state index in [-0.39, 0.29) is 6.04 Å². The van der Waals surface area contributed by atoms with E-state index in [0.29, 0.717) is 0 Å². The summed E-state index contributed by atoms with van der Waals surface area (Å²) in [6.07, 6.45) is 2.60. The third kappa shape index (κ3) is 3.12. The van der Waals surface area contributed by atoms with Gasteiger partial charge in [0.15, 0.2) is 0 Å². The van der Waals surface area contributed by atoms with Crippen molar-refractivity contribution >= 4 is 15.9 Å². The number of methoxy groups -OCH3 is 1. The molecule has 3 nitrogen and oxygen atoms in total. The average Bonchev–Trinajstić information content (AvgIpc) is 2.59. The smallest absolute Gasteiger partial charge is 0.134 e. The van der Waals surface area contributed by atoms with E-state index in [2.05, 4.69) is 28.2 Å². The fourth-order valence-corrected chi connectivity index (χ4v) is 1.84. The van der Waals surface area contributed by atoms with Gasteiger partial charge in [-0.3, -0.25) is 0 Å². The lowest BCUT2D eigenvalue weighted by atomic mass is 10.1. The maximum atomic E-state index is 5.41. The Morgan fingerprint density at radius 1 is 1.64 bits per heavy atom. The molecule has 1 atom stereocenters. The molecule has 1 unspecified atom stereocenters. The second-order valence-electron chi connectivity index (χ2n) is 3.02. The molecule has 1 aromatic heterocycles. The van der Waals surface area contributed by atoms with Crippen LogP contribution in [0.2, 0.25) is 0 Å². The first-order chi connectivity index (χ1) is 6.79. The topological polar surface area (TPSA) is 34.4 Å². The Labute approximate surface area is 92.9 Å². The van der Waals surface area contributed by atoms with Crippen molar-refractivity contribution in [1.29, 1.82) is 0 Å². The molecule has 0 radical (unpaired) electrons. The van der Waals surface area contributed by atoms with Crippen molar-refractivity contribution in [3.8, 4) is 0 Å². The number of rotatable bonds is 6. The molecule has 0 aromatic carbocycles. The van der Waals surface area contributed by atoms with Crippen LogP contribution in [-0.2, 0) is 4.74 Å². The summed E-state index contributed by atoms with van der Waals surface area (Å²) in [5.41, 5.74) is 0. The number of hydrogen-bond donors (Lipinski definition) is 1. The number of hydrogen-bond acceptors (Lipinski definition) is 3. The molecule has 0 amide bonds. The number of ether oxygens (including phenoxy) is 1. The van der Waals surface area contributed by atoms with Gasteiger partial charge in [-0.15, -0.1) is 0 Å². The Balaban J connectivity index is 2.62. The van der Waals surface area contributed by atoms with Gasteiger partial charge in [0.1, 0.15) is 5.76 Å².